The highest BCUT2D eigenvalue weighted by molar-refractivity contribution is 5.58. The van der Waals surface area contributed by atoms with Crippen molar-refractivity contribution in [3.63, 3.8) is 0 Å². The van der Waals surface area contributed by atoms with Crippen LogP contribution in [0.2, 0.25) is 0 Å². The van der Waals surface area contributed by atoms with Crippen molar-refractivity contribution in [3.05, 3.63) is 23.8 Å². The Labute approximate surface area is 97.4 Å². The van der Waals surface area contributed by atoms with Crippen molar-refractivity contribution in [2.45, 2.75) is 32.8 Å². The summed E-state index contributed by atoms with van der Waals surface area (Å²) in [5, 5.41) is 13.1. The number of hydrogen-bond acceptors (Lipinski definition) is 3. The van der Waals surface area contributed by atoms with E-state index in [1.165, 1.54) is 5.56 Å². The van der Waals surface area contributed by atoms with Crippen LogP contribution in [0.5, 0.6) is 5.75 Å². The highest BCUT2D eigenvalue weighted by Crippen LogP contribution is 2.25. The van der Waals surface area contributed by atoms with Crippen LogP contribution in [0.15, 0.2) is 18.2 Å². The van der Waals surface area contributed by atoms with Crippen molar-refractivity contribution in [3.8, 4) is 5.75 Å². The fourth-order valence-corrected chi connectivity index (χ4v) is 1.37. The van der Waals surface area contributed by atoms with Gasteiger partial charge in [-0.05, 0) is 38.0 Å². The SMILES string of the molecule is CCC(C)(O)CNc1cc(C)ccc1OC. The molecule has 0 fully saturated rings. The van der Waals surface area contributed by atoms with Crippen LogP contribution >= 0.6 is 0 Å². The Morgan fingerprint density at radius 3 is 2.69 bits per heavy atom. The standard InChI is InChI=1S/C13H21NO2/c1-5-13(3,15)9-14-11-8-10(2)6-7-12(11)16-4/h6-8,14-15H,5,9H2,1-4H3. The first kappa shape index (κ1) is 12.8. The lowest BCUT2D eigenvalue weighted by Gasteiger charge is -2.23. The molecule has 0 amide bonds. The first-order valence-corrected chi connectivity index (χ1v) is 5.59. The molecule has 1 rings (SSSR count). The van der Waals surface area contributed by atoms with Gasteiger partial charge in [0.2, 0.25) is 0 Å². The van der Waals surface area contributed by atoms with Crippen molar-refractivity contribution in [1.82, 2.24) is 0 Å². The van der Waals surface area contributed by atoms with Crippen molar-refractivity contribution >= 4 is 5.69 Å². The van der Waals surface area contributed by atoms with Gasteiger partial charge in [0, 0.05) is 6.54 Å². The van der Waals surface area contributed by atoms with E-state index in [-0.39, 0.29) is 0 Å². The smallest absolute Gasteiger partial charge is 0.141 e. The maximum atomic E-state index is 9.91. The van der Waals surface area contributed by atoms with E-state index in [2.05, 4.69) is 5.32 Å². The Morgan fingerprint density at radius 1 is 1.44 bits per heavy atom. The van der Waals surface area contributed by atoms with Gasteiger partial charge in [-0.3, -0.25) is 0 Å². The van der Waals surface area contributed by atoms with Gasteiger partial charge in [0.25, 0.3) is 0 Å². The topological polar surface area (TPSA) is 41.5 Å². The number of aliphatic hydroxyl groups is 1. The number of methoxy groups -OCH3 is 1. The van der Waals surface area contributed by atoms with Crippen molar-refractivity contribution in [1.29, 1.82) is 0 Å². The minimum absolute atomic E-state index is 0.517. The zero-order valence-corrected chi connectivity index (χ0v) is 10.5. The molecule has 0 radical (unpaired) electrons. The molecule has 16 heavy (non-hydrogen) atoms. The maximum absolute atomic E-state index is 9.91. The fraction of sp³-hybridized carbons (Fsp3) is 0.538. The third-order valence-corrected chi connectivity index (χ3v) is 2.78. The van der Waals surface area contributed by atoms with Gasteiger partial charge in [-0.2, -0.15) is 0 Å². The van der Waals surface area contributed by atoms with E-state index in [0.717, 1.165) is 11.4 Å². The van der Waals surface area contributed by atoms with Crippen molar-refractivity contribution < 1.29 is 9.84 Å². The predicted molar refractivity (Wildman–Crippen MR) is 67.1 cm³/mol. The van der Waals surface area contributed by atoms with Crippen LogP contribution < -0.4 is 10.1 Å². The maximum Gasteiger partial charge on any atom is 0.141 e. The summed E-state index contributed by atoms with van der Waals surface area (Å²) in [6.07, 6.45) is 0.716. The molecule has 0 saturated heterocycles. The molecular weight excluding hydrogens is 202 g/mol. The van der Waals surface area contributed by atoms with Crippen LogP contribution in [0, 0.1) is 6.92 Å². The molecule has 1 aromatic carbocycles. The van der Waals surface area contributed by atoms with Gasteiger partial charge in [-0.25, -0.2) is 0 Å². The molecule has 0 saturated carbocycles. The molecule has 3 heteroatoms. The van der Waals surface area contributed by atoms with Gasteiger partial charge in [-0.15, -0.1) is 0 Å². The number of anilines is 1. The first-order valence-electron chi connectivity index (χ1n) is 5.59. The molecule has 0 aliphatic heterocycles. The number of hydrogen-bond donors (Lipinski definition) is 2. The Hall–Kier alpha value is -1.22. The molecule has 0 aliphatic carbocycles. The molecule has 2 N–H and O–H groups in total. The van der Waals surface area contributed by atoms with E-state index in [9.17, 15) is 5.11 Å². The molecule has 1 unspecified atom stereocenters. The molecule has 1 aromatic rings. The van der Waals surface area contributed by atoms with E-state index in [4.69, 9.17) is 4.74 Å². The van der Waals surface area contributed by atoms with Crippen LogP contribution in [-0.4, -0.2) is 24.4 Å². The zero-order chi connectivity index (χ0) is 12.2. The van der Waals surface area contributed by atoms with Crippen LogP contribution in [0.4, 0.5) is 5.69 Å². The zero-order valence-electron chi connectivity index (χ0n) is 10.5. The Morgan fingerprint density at radius 2 is 2.12 bits per heavy atom. The number of ether oxygens (including phenoxy) is 1. The highest BCUT2D eigenvalue weighted by Gasteiger charge is 2.17. The lowest BCUT2D eigenvalue weighted by Crippen LogP contribution is -2.32. The monoisotopic (exact) mass is 223 g/mol. The summed E-state index contributed by atoms with van der Waals surface area (Å²) < 4.78 is 5.26. The predicted octanol–water partition coefficient (Wildman–Crippen LogP) is 2.58. The van der Waals surface area contributed by atoms with Gasteiger partial charge in [0.1, 0.15) is 5.75 Å². The van der Waals surface area contributed by atoms with E-state index >= 15 is 0 Å². The third-order valence-electron chi connectivity index (χ3n) is 2.78. The van der Waals surface area contributed by atoms with Crippen LogP contribution in [0.1, 0.15) is 25.8 Å². The summed E-state index contributed by atoms with van der Waals surface area (Å²) in [4.78, 5) is 0. The number of rotatable bonds is 5. The molecule has 3 nitrogen and oxygen atoms in total. The fourth-order valence-electron chi connectivity index (χ4n) is 1.37. The quantitative estimate of drug-likeness (QED) is 0.806. The average molecular weight is 223 g/mol. The number of benzene rings is 1. The summed E-state index contributed by atoms with van der Waals surface area (Å²) in [5.74, 6) is 0.803. The second kappa shape index (κ2) is 5.21. The summed E-state index contributed by atoms with van der Waals surface area (Å²) in [5.41, 5.74) is 1.41. The molecule has 0 bridgehead atoms. The van der Waals surface area contributed by atoms with E-state index in [0.29, 0.717) is 13.0 Å². The van der Waals surface area contributed by atoms with Gasteiger partial charge in [-0.1, -0.05) is 13.0 Å². The van der Waals surface area contributed by atoms with Crippen molar-refractivity contribution in [2.24, 2.45) is 0 Å². The number of nitrogens with one attached hydrogen (secondary N) is 1. The van der Waals surface area contributed by atoms with Crippen molar-refractivity contribution in [2.75, 3.05) is 19.0 Å². The van der Waals surface area contributed by atoms with E-state index in [1.807, 2.05) is 39.0 Å². The molecule has 90 valence electrons. The molecule has 1 atom stereocenters. The van der Waals surface area contributed by atoms with Gasteiger partial charge in [0.15, 0.2) is 0 Å². The van der Waals surface area contributed by atoms with Gasteiger partial charge < -0.3 is 15.2 Å². The summed E-state index contributed by atoms with van der Waals surface area (Å²) >= 11 is 0. The lowest BCUT2D eigenvalue weighted by molar-refractivity contribution is 0.0697. The lowest BCUT2D eigenvalue weighted by atomic mass is 10.0. The molecule has 0 aromatic heterocycles. The van der Waals surface area contributed by atoms with E-state index < -0.39 is 5.60 Å². The summed E-state index contributed by atoms with van der Waals surface area (Å²) in [7, 11) is 1.65. The Bertz CT molecular complexity index is 348. The number of aryl methyl sites for hydroxylation is 1. The highest BCUT2D eigenvalue weighted by atomic mass is 16.5. The minimum atomic E-state index is -0.686. The molecular formula is C13H21NO2. The molecule has 0 heterocycles. The summed E-state index contributed by atoms with van der Waals surface area (Å²) in [6, 6.07) is 5.95. The van der Waals surface area contributed by atoms with Crippen LogP contribution in [0.25, 0.3) is 0 Å². The minimum Gasteiger partial charge on any atom is -0.495 e. The third kappa shape index (κ3) is 3.42. The van der Waals surface area contributed by atoms with Gasteiger partial charge in [0.05, 0.1) is 18.4 Å². The van der Waals surface area contributed by atoms with Crippen LogP contribution in [0.3, 0.4) is 0 Å². The Balaban J connectivity index is 2.76. The normalized spacial score (nSPS) is 14.3. The van der Waals surface area contributed by atoms with Gasteiger partial charge >= 0.3 is 0 Å². The van der Waals surface area contributed by atoms with Crippen LogP contribution in [-0.2, 0) is 0 Å². The largest absolute Gasteiger partial charge is 0.495 e. The average Bonchev–Trinajstić information content (AvgIpc) is 2.27. The molecule has 0 aliphatic rings. The molecule has 0 spiro atoms. The second-order valence-corrected chi connectivity index (χ2v) is 4.41. The van der Waals surface area contributed by atoms with E-state index in [1.54, 1.807) is 7.11 Å². The first-order chi connectivity index (χ1) is 7.48. The second-order valence-electron chi connectivity index (χ2n) is 4.41. The summed E-state index contributed by atoms with van der Waals surface area (Å²) in [6.45, 7) is 6.34. The Kier molecular flexibility index (Phi) is 4.19.